The molecule has 2 N–H and O–H groups in total. The van der Waals surface area contributed by atoms with Gasteiger partial charge in [0, 0.05) is 10.6 Å². The van der Waals surface area contributed by atoms with Crippen molar-refractivity contribution in [2.75, 3.05) is 11.9 Å². The van der Waals surface area contributed by atoms with Crippen LogP contribution in [0.1, 0.15) is 18.7 Å². The molecule has 0 aliphatic carbocycles. The minimum atomic E-state index is 0.454. The Kier molecular flexibility index (Phi) is 5.71. The third kappa shape index (κ3) is 4.84. The molecule has 110 valence electrons. The van der Waals surface area contributed by atoms with E-state index in [1.54, 1.807) is 11.3 Å². The molecule has 0 unspecified atom stereocenters. The number of nitrogens with zero attached hydrogens (tertiary/aromatic N) is 1. The number of benzene rings is 1. The van der Waals surface area contributed by atoms with Crippen LogP contribution in [0.25, 0.3) is 0 Å². The molecule has 0 bridgehead atoms. The zero-order valence-electron chi connectivity index (χ0n) is 11.9. The molecule has 0 fully saturated rings. The molecule has 0 saturated carbocycles. The Bertz CT molecular complexity index is 606. The largest absolute Gasteiger partial charge is 0.494 e. The standard InChI is InChI=1S/C15H17N3OS2/c1-3-19-13-8-6-12(7-9-13)16-15(20)18-17-11(2)14-5-4-10-21-14/h4-10H,3H2,1-2H3,(H2,16,18,20)/b17-11-. The first-order valence-corrected chi connectivity index (χ1v) is 7.86. The molecule has 1 aromatic carbocycles. The van der Waals surface area contributed by atoms with Crippen molar-refractivity contribution in [1.82, 2.24) is 5.43 Å². The first-order valence-electron chi connectivity index (χ1n) is 6.57. The van der Waals surface area contributed by atoms with Gasteiger partial charge < -0.3 is 10.1 Å². The molecule has 4 nitrogen and oxygen atoms in total. The number of hydrazone groups is 1. The molecule has 0 radical (unpaired) electrons. The molecule has 0 spiro atoms. The van der Waals surface area contributed by atoms with Crippen LogP contribution in [0.5, 0.6) is 5.75 Å². The minimum absolute atomic E-state index is 0.454. The summed E-state index contributed by atoms with van der Waals surface area (Å²) in [5.41, 5.74) is 4.64. The van der Waals surface area contributed by atoms with Gasteiger partial charge in [0.1, 0.15) is 5.75 Å². The van der Waals surface area contributed by atoms with Crippen molar-refractivity contribution in [3.05, 3.63) is 46.7 Å². The molecule has 0 amide bonds. The van der Waals surface area contributed by atoms with Crippen molar-refractivity contribution in [3.8, 4) is 5.75 Å². The molecule has 2 rings (SSSR count). The van der Waals surface area contributed by atoms with Gasteiger partial charge in [-0.2, -0.15) is 5.10 Å². The Morgan fingerprint density at radius 3 is 2.67 bits per heavy atom. The minimum Gasteiger partial charge on any atom is -0.494 e. The van der Waals surface area contributed by atoms with E-state index in [0.29, 0.717) is 11.7 Å². The maximum Gasteiger partial charge on any atom is 0.191 e. The van der Waals surface area contributed by atoms with Crippen molar-refractivity contribution in [2.45, 2.75) is 13.8 Å². The number of rotatable bonds is 5. The van der Waals surface area contributed by atoms with Gasteiger partial charge in [0.15, 0.2) is 5.11 Å². The molecule has 6 heteroatoms. The van der Waals surface area contributed by atoms with E-state index >= 15 is 0 Å². The average molecular weight is 319 g/mol. The lowest BCUT2D eigenvalue weighted by Crippen LogP contribution is -2.24. The molecule has 0 aliphatic rings. The van der Waals surface area contributed by atoms with Gasteiger partial charge in [-0.1, -0.05) is 6.07 Å². The number of hydrogen-bond donors (Lipinski definition) is 2. The van der Waals surface area contributed by atoms with Gasteiger partial charge in [-0.25, -0.2) is 0 Å². The van der Waals surface area contributed by atoms with Gasteiger partial charge in [-0.3, -0.25) is 5.43 Å². The summed E-state index contributed by atoms with van der Waals surface area (Å²) in [6.07, 6.45) is 0. The van der Waals surface area contributed by atoms with Crippen molar-refractivity contribution in [3.63, 3.8) is 0 Å². The lowest BCUT2D eigenvalue weighted by Gasteiger charge is -2.09. The third-order valence-electron chi connectivity index (χ3n) is 2.63. The molecule has 21 heavy (non-hydrogen) atoms. The number of thiocarbonyl (C=S) groups is 1. The van der Waals surface area contributed by atoms with E-state index in [1.807, 2.05) is 55.6 Å². The molecule has 1 heterocycles. The van der Waals surface area contributed by atoms with Crippen molar-refractivity contribution < 1.29 is 4.74 Å². The first kappa shape index (κ1) is 15.5. The maximum atomic E-state index is 5.39. The summed E-state index contributed by atoms with van der Waals surface area (Å²) in [6, 6.07) is 11.6. The smallest absolute Gasteiger partial charge is 0.191 e. The fourth-order valence-corrected chi connectivity index (χ4v) is 2.47. The van der Waals surface area contributed by atoms with Crippen LogP contribution in [-0.2, 0) is 0 Å². The Morgan fingerprint density at radius 1 is 1.29 bits per heavy atom. The summed E-state index contributed by atoms with van der Waals surface area (Å²) >= 11 is 6.86. The van der Waals surface area contributed by atoms with Crippen LogP contribution in [0.2, 0.25) is 0 Å². The normalized spacial score (nSPS) is 11.0. The highest BCUT2D eigenvalue weighted by atomic mass is 32.1. The predicted molar refractivity (Wildman–Crippen MR) is 93.5 cm³/mol. The molecule has 0 atom stereocenters. The first-order chi connectivity index (χ1) is 10.2. The van der Waals surface area contributed by atoms with Crippen molar-refractivity contribution in [2.24, 2.45) is 5.10 Å². The monoisotopic (exact) mass is 319 g/mol. The Balaban J connectivity index is 1.88. The van der Waals surface area contributed by atoms with Crippen LogP contribution in [0.3, 0.4) is 0 Å². The van der Waals surface area contributed by atoms with Gasteiger partial charge in [-0.05, 0) is 61.8 Å². The van der Waals surface area contributed by atoms with Crippen LogP contribution >= 0.6 is 23.6 Å². The molecular weight excluding hydrogens is 302 g/mol. The average Bonchev–Trinajstić information content (AvgIpc) is 3.01. The number of anilines is 1. The molecule has 2 aromatic rings. The van der Waals surface area contributed by atoms with E-state index in [2.05, 4.69) is 15.8 Å². The fourth-order valence-electron chi connectivity index (χ4n) is 1.63. The van der Waals surface area contributed by atoms with Gasteiger partial charge in [0.2, 0.25) is 0 Å². The van der Waals surface area contributed by atoms with E-state index in [0.717, 1.165) is 22.0 Å². The van der Waals surface area contributed by atoms with E-state index in [4.69, 9.17) is 17.0 Å². The van der Waals surface area contributed by atoms with Crippen LogP contribution in [0, 0.1) is 0 Å². The number of thiophene rings is 1. The van der Waals surface area contributed by atoms with Crippen LogP contribution in [0.15, 0.2) is 46.9 Å². The molecule has 0 aliphatic heterocycles. The van der Waals surface area contributed by atoms with Gasteiger partial charge in [0.05, 0.1) is 12.3 Å². The summed E-state index contributed by atoms with van der Waals surface area (Å²) in [6.45, 7) is 4.56. The third-order valence-corrected chi connectivity index (χ3v) is 3.80. The topological polar surface area (TPSA) is 45.6 Å². The Labute approximate surface area is 133 Å². The van der Waals surface area contributed by atoms with Crippen LogP contribution < -0.4 is 15.5 Å². The zero-order chi connectivity index (χ0) is 15.1. The number of nitrogens with one attached hydrogen (secondary N) is 2. The lowest BCUT2D eigenvalue weighted by molar-refractivity contribution is 0.340. The highest BCUT2D eigenvalue weighted by Crippen LogP contribution is 2.15. The second kappa shape index (κ2) is 7.75. The molecule has 1 aromatic heterocycles. The van der Waals surface area contributed by atoms with E-state index in [1.165, 1.54) is 0 Å². The molecule has 0 saturated heterocycles. The second-order valence-electron chi connectivity index (χ2n) is 4.20. The lowest BCUT2D eigenvalue weighted by atomic mass is 10.3. The number of hydrogen-bond acceptors (Lipinski definition) is 4. The highest BCUT2D eigenvalue weighted by Gasteiger charge is 2.00. The molecular formula is C15H17N3OS2. The van der Waals surface area contributed by atoms with Gasteiger partial charge >= 0.3 is 0 Å². The van der Waals surface area contributed by atoms with Crippen molar-refractivity contribution in [1.29, 1.82) is 0 Å². The van der Waals surface area contributed by atoms with Crippen LogP contribution in [-0.4, -0.2) is 17.4 Å². The van der Waals surface area contributed by atoms with E-state index in [9.17, 15) is 0 Å². The summed E-state index contributed by atoms with van der Waals surface area (Å²) in [5, 5.41) is 9.80. The summed E-state index contributed by atoms with van der Waals surface area (Å²) in [7, 11) is 0. The van der Waals surface area contributed by atoms with Crippen LogP contribution in [0.4, 0.5) is 5.69 Å². The summed E-state index contributed by atoms with van der Waals surface area (Å²) in [5.74, 6) is 0.841. The summed E-state index contributed by atoms with van der Waals surface area (Å²) in [4.78, 5) is 1.12. The number of ether oxygens (including phenoxy) is 1. The van der Waals surface area contributed by atoms with E-state index < -0.39 is 0 Å². The quantitative estimate of drug-likeness (QED) is 0.499. The fraction of sp³-hybridized carbons (Fsp3) is 0.200. The SMILES string of the molecule is CCOc1ccc(NC(=S)N/N=C(/C)c2cccs2)cc1. The zero-order valence-corrected chi connectivity index (χ0v) is 13.6. The predicted octanol–water partition coefficient (Wildman–Crippen LogP) is 3.86. The highest BCUT2D eigenvalue weighted by molar-refractivity contribution is 7.80. The summed E-state index contributed by atoms with van der Waals surface area (Å²) < 4.78 is 5.39. The van der Waals surface area contributed by atoms with E-state index in [-0.39, 0.29) is 0 Å². The second-order valence-corrected chi connectivity index (χ2v) is 5.55. The Morgan fingerprint density at radius 2 is 2.05 bits per heavy atom. The van der Waals surface area contributed by atoms with Crippen molar-refractivity contribution >= 4 is 40.1 Å². The van der Waals surface area contributed by atoms with Gasteiger partial charge in [0.25, 0.3) is 0 Å². The van der Waals surface area contributed by atoms with Gasteiger partial charge in [-0.15, -0.1) is 11.3 Å². The Hall–Kier alpha value is -1.92. The maximum absolute atomic E-state index is 5.39.